The van der Waals surface area contributed by atoms with Gasteiger partial charge in [-0.1, -0.05) is 18.2 Å². The SMILES string of the molecule is Fc1ccc(F)c(OB(Oc2c(F)c(F)c(F)c3c(F)c4c(F)c(F)c(F)c(F)c4c(F)c23)c2c(F)c(F)c3c(F)c(F)c4c(F)ccc5ccc2c3c54)c1F. The zero-order valence-electron chi connectivity index (χ0n) is 26.3. The maximum Gasteiger partial charge on any atom is 0.636 e. The zero-order valence-corrected chi connectivity index (χ0v) is 26.3. The number of hydrogen-bond acceptors (Lipinski definition) is 2. The molecule has 0 amide bonds. The minimum Gasteiger partial charge on any atom is -0.519 e. The van der Waals surface area contributed by atoms with Crippen LogP contribution in [-0.2, 0) is 0 Å². The van der Waals surface area contributed by atoms with Gasteiger partial charge in [0.2, 0.25) is 11.6 Å². The molecule has 0 radical (unpaired) electrons. The standard InChI is InChI=1S/C36H6BF17O2/c38-9-4-2-7-1-3-8-13-12(7)14(9)24(44)25(45)15(13)26(46)30(50)20(8)37(55-35-11(40)6-5-10(39)21(35)41)56-36-19-18(29(49)33(53)34(36)54)22(42)16-17(23(19)43)28(48)32(52)31(51)27(16)47/h1-6H. The molecule has 0 aliphatic carbocycles. The minimum absolute atomic E-state index is 0.159. The highest BCUT2D eigenvalue weighted by molar-refractivity contribution is 6.66. The number of benzene rings is 8. The molecule has 2 nitrogen and oxygen atoms in total. The average molecular weight is 804 g/mol. The normalized spacial score (nSPS) is 12.0. The molecule has 0 aliphatic heterocycles. The monoisotopic (exact) mass is 804 g/mol. The van der Waals surface area contributed by atoms with Crippen LogP contribution < -0.4 is 14.8 Å². The summed E-state index contributed by atoms with van der Waals surface area (Å²) >= 11 is 0. The van der Waals surface area contributed by atoms with Gasteiger partial charge in [0.25, 0.3) is 0 Å². The molecule has 0 spiro atoms. The number of rotatable bonds is 5. The van der Waals surface area contributed by atoms with Crippen molar-refractivity contribution < 1.29 is 83.9 Å². The average Bonchev–Trinajstić information content (AvgIpc) is 3.16. The highest BCUT2D eigenvalue weighted by Gasteiger charge is 2.42. The Balaban J connectivity index is 1.53. The van der Waals surface area contributed by atoms with Crippen LogP contribution >= 0.6 is 0 Å². The molecule has 20 heteroatoms. The first kappa shape index (κ1) is 36.8. The van der Waals surface area contributed by atoms with Crippen molar-refractivity contribution in [3.63, 3.8) is 0 Å². The van der Waals surface area contributed by atoms with Crippen molar-refractivity contribution in [1.82, 2.24) is 0 Å². The number of halogens is 17. The summed E-state index contributed by atoms with van der Waals surface area (Å²) in [5.41, 5.74) is -1.65. The summed E-state index contributed by atoms with van der Waals surface area (Å²) in [6.45, 7) is 0. The van der Waals surface area contributed by atoms with Gasteiger partial charge >= 0.3 is 7.12 Å². The van der Waals surface area contributed by atoms with Crippen molar-refractivity contribution >= 4 is 66.4 Å². The summed E-state index contributed by atoms with van der Waals surface area (Å²) in [5, 5.41) is -14.4. The summed E-state index contributed by atoms with van der Waals surface area (Å²) < 4.78 is 268. The predicted octanol–water partition coefficient (Wildman–Crippen LogP) is 11.1. The molecule has 0 unspecified atom stereocenters. The Morgan fingerprint density at radius 2 is 0.714 bits per heavy atom. The van der Waals surface area contributed by atoms with E-state index in [1.165, 1.54) is 0 Å². The smallest absolute Gasteiger partial charge is 0.519 e. The third kappa shape index (κ3) is 4.73. The van der Waals surface area contributed by atoms with Gasteiger partial charge in [0.05, 0.1) is 37.8 Å². The van der Waals surface area contributed by atoms with E-state index < -0.39 is 171 Å². The Morgan fingerprint density at radius 3 is 1.34 bits per heavy atom. The van der Waals surface area contributed by atoms with Crippen LogP contribution in [0.5, 0.6) is 11.5 Å². The van der Waals surface area contributed by atoms with Gasteiger partial charge in [-0.2, -0.15) is 8.78 Å². The molecule has 0 heterocycles. The van der Waals surface area contributed by atoms with Gasteiger partial charge in [-0.05, 0) is 29.0 Å². The van der Waals surface area contributed by atoms with E-state index in [9.17, 15) is 35.1 Å². The van der Waals surface area contributed by atoms with Crippen LogP contribution in [0.1, 0.15) is 0 Å². The van der Waals surface area contributed by atoms with E-state index >= 15 is 39.5 Å². The van der Waals surface area contributed by atoms with Crippen molar-refractivity contribution in [3.8, 4) is 11.5 Å². The lowest BCUT2D eigenvalue weighted by molar-refractivity contribution is 0.366. The van der Waals surface area contributed by atoms with Gasteiger partial charge in [0.1, 0.15) is 17.5 Å². The topological polar surface area (TPSA) is 18.5 Å². The second-order valence-corrected chi connectivity index (χ2v) is 11.9. The first-order valence-electron chi connectivity index (χ1n) is 15.1. The Kier molecular flexibility index (Phi) is 8.14. The molecule has 0 N–H and O–H groups in total. The Morgan fingerprint density at radius 1 is 0.286 bits per heavy atom. The molecule has 0 aromatic heterocycles. The van der Waals surface area contributed by atoms with Crippen LogP contribution in [0.25, 0.3) is 53.9 Å². The van der Waals surface area contributed by atoms with Crippen molar-refractivity contribution in [3.05, 3.63) is 135 Å². The van der Waals surface area contributed by atoms with Gasteiger partial charge in [0.15, 0.2) is 81.3 Å². The molecule has 0 saturated heterocycles. The van der Waals surface area contributed by atoms with Gasteiger partial charge in [-0.3, -0.25) is 0 Å². The summed E-state index contributed by atoms with van der Waals surface area (Å²) in [6.07, 6.45) is 0. The Labute approximate surface area is 297 Å². The summed E-state index contributed by atoms with van der Waals surface area (Å²) in [5.74, 6) is -45.7. The number of fused-ring (bicyclic) bond motifs is 2. The molecule has 0 aliphatic rings. The fourth-order valence-corrected chi connectivity index (χ4v) is 6.63. The van der Waals surface area contributed by atoms with Gasteiger partial charge in [-0.15, -0.1) is 0 Å². The quantitative estimate of drug-likeness (QED) is 0.0431. The fourth-order valence-electron chi connectivity index (χ4n) is 6.63. The first-order valence-corrected chi connectivity index (χ1v) is 15.1. The van der Waals surface area contributed by atoms with E-state index in [1.807, 2.05) is 0 Å². The molecule has 56 heavy (non-hydrogen) atoms. The second kappa shape index (κ2) is 12.4. The molecule has 0 atom stereocenters. The molecule has 8 aromatic rings. The molecule has 284 valence electrons. The highest BCUT2D eigenvalue weighted by Crippen LogP contribution is 2.45. The van der Waals surface area contributed by atoms with E-state index in [-0.39, 0.29) is 17.5 Å². The van der Waals surface area contributed by atoms with Gasteiger partial charge in [-0.25, -0.2) is 65.9 Å². The largest absolute Gasteiger partial charge is 0.636 e. The summed E-state index contributed by atoms with van der Waals surface area (Å²) in [4.78, 5) is 0. The second-order valence-electron chi connectivity index (χ2n) is 11.9. The van der Waals surface area contributed by atoms with E-state index in [0.29, 0.717) is 6.07 Å². The molecule has 8 rings (SSSR count). The Hall–Kier alpha value is -6.21. The van der Waals surface area contributed by atoms with Crippen LogP contribution in [0.15, 0.2) is 36.4 Å². The lowest BCUT2D eigenvalue weighted by Crippen LogP contribution is -2.46. The van der Waals surface area contributed by atoms with Crippen molar-refractivity contribution in [2.45, 2.75) is 0 Å². The predicted molar refractivity (Wildman–Crippen MR) is 164 cm³/mol. The molecular formula is C36H6BF17O2. The highest BCUT2D eigenvalue weighted by atomic mass is 19.2. The Bertz CT molecular complexity index is 3080. The van der Waals surface area contributed by atoms with E-state index in [2.05, 4.69) is 0 Å². The van der Waals surface area contributed by atoms with E-state index in [4.69, 9.17) is 9.31 Å². The maximum atomic E-state index is 16.3. The van der Waals surface area contributed by atoms with Crippen molar-refractivity contribution in [2.75, 3.05) is 0 Å². The van der Waals surface area contributed by atoms with Crippen LogP contribution in [-0.4, -0.2) is 7.12 Å². The summed E-state index contributed by atoms with van der Waals surface area (Å²) in [6, 6.07) is 3.57. The van der Waals surface area contributed by atoms with Gasteiger partial charge < -0.3 is 9.31 Å². The fraction of sp³-hybridized carbons (Fsp3) is 0. The lowest BCUT2D eigenvalue weighted by Gasteiger charge is -2.23. The number of hydrogen-bond donors (Lipinski definition) is 0. The molecule has 8 aromatic carbocycles. The van der Waals surface area contributed by atoms with E-state index in [0.717, 1.165) is 18.2 Å². The van der Waals surface area contributed by atoms with Gasteiger partial charge in [0, 0.05) is 10.8 Å². The van der Waals surface area contributed by atoms with E-state index in [1.54, 1.807) is 0 Å². The minimum atomic E-state index is -3.41. The first-order chi connectivity index (χ1) is 26.4. The molecule has 0 bridgehead atoms. The zero-order chi connectivity index (χ0) is 40.6. The molecule has 0 fully saturated rings. The molecular weight excluding hydrogens is 798 g/mol. The third-order valence-electron chi connectivity index (χ3n) is 9.07. The van der Waals surface area contributed by atoms with Crippen LogP contribution in [0.3, 0.4) is 0 Å². The van der Waals surface area contributed by atoms with Crippen LogP contribution in [0.2, 0.25) is 0 Å². The van der Waals surface area contributed by atoms with Crippen LogP contribution in [0.4, 0.5) is 74.6 Å². The third-order valence-corrected chi connectivity index (χ3v) is 9.07. The van der Waals surface area contributed by atoms with Crippen LogP contribution in [0, 0.1) is 98.9 Å². The lowest BCUT2D eigenvalue weighted by atomic mass is 9.73. The van der Waals surface area contributed by atoms with Crippen molar-refractivity contribution in [1.29, 1.82) is 0 Å². The molecule has 0 saturated carbocycles. The summed E-state index contributed by atoms with van der Waals surface area (Å²) in [7, 11) is -3.41. The van der Waals surface area contributed by atoms with Crippen molar-refractivity contribution in [2.24, 2.45) is 0 Å². The maximum absolute atomic E-state index is 16.3.